The maximum absolute atomic E-state index is 13.0. The number of carbonyl (C=O) groups is 2. The van der Waals surface area contributed by atoms with Crippen molar-refractivity contribution in [1.82, 2.24) is 0 Å². The summed E-state index contributed by atoms with van der Waals surface area (Å²) in [6.07, 6.45) is 9.80. The average molecular weight is 635 g/mol. The smallest absolute Gasteiger partial charge is 0.330 e. The molecule has 0 aliphatic heterocycles. The molecule has 252 valence electrons. The zero-order valence-electron chi connectivity index (χ0n) is 28.5. The molecule has 0 bridgehead atoms. The molecule has 4 fully saturated rings. The number of esters is 1. The molecular weight excluding hydrogens is 580 g/mol. The minimum atomic E-state index is -1.02. The lowest BCUT2D eigenvalue weighted by Gasteiger charge is -2.71. The number of carboxylic acids is 1. The Hall–Kier alpha value is -2.64. The molecule has 0 saturated heterocycles. The van der Waals surface area contributed by atoms with Gasteiger partial charge < -0.3 is 25.2 Å². The summed E-state index contributed by atoms with van der Waals surface area (Å²) >= 11 is 0. The van der Waals surface area contributed by atoms with E-state index in [9.17, 15) is 30.0 Å². The third kappa shape index (κ3) is 4.65. The van der Waals surface area contributed by atoms with Crippen LogP contribution in [0.1, 0.15) is 98.5 Å². The molecule has 5 aliphatic rings. The highest BCUT2D eigenvalue weighted by Crippen LogP contribution is 2.75. The summed E-state index contributed by atoms with van der Waals surface area (Å²) in [5.74, 6) is 0.0827. The average Bonchev–Trinajstić information content (AvgIpc) is 3.00. The van der Waals surface area contributed by atoms with E-state index < -0.39 is 35.0 Å². The van der Waals surface area contributed by atoms with Crippen LogP contribution in [0.3, 0.4) is 0 Å². The van der Waals surface area contributed by atoms with E-state index in [-0.39, 0.29) is 46.4 Å². The maximum atomic E-state index is 13.0. The predicted octanol–water partition coefficient (Wildman–Crippen LogP) is 7.00. The molecule has 7 heteroatoms. The summed E-state index contributed by atoms with van der Waals surface area (Å²) in [6, 6.07) is 6.53. The van der Waals surface area contributed by atoms with Gasteiger partial charge in [0.25, 0.3) is 0 Å². The zero-order chi connectivity index (χ0) is 33.4. The number of rotatable bonds is 5. The number of ether oxygens (including phenoxy) is 1. The number of phenols is 1. The lowest BCUT2D eigenvalue weighted by Crippen LogP contribution is -2.68. The van der Waals surface area contributed by atoms with E-state index in [1.54, 1.807) is 30.3 Å². The van der Waals surface area contributed by atoms with Crippen molar-refractivity contribution in [3.8, 4) is 5.75 Å². The number of aliphatic carboxylic acids is 1. The van der Waals surface area contributed by atoms with Gasteiger partial charge in [-0.25, -0.2) is 4.79 Å². The van der Waals surface area contributed by atoms with E-state index in [0.717, 1.165) is 44.1 Å². The zero-order valence-corrected chi connectivity index (χ0v) is 28.5. The number of hydrogen-bond acceptors (Lipinski definition) is 6. The molecule has 0 aromatic heterocycles. The standard InChI is InChI=1S/C39H54O7/c1-23-15-18-39(34(44)45)20-19-37(5)27(32(39)24(23)2)12-13-30-35(3)21-28(41)33(43)36(4,29(35)16-17-38(30,37)6)22-46-31(42)14-9-25-7-10-26(40)11-8-25/h7-12,14,23-24,28-30,32-33,40-41,43H,13,15-22H2,1-6H3,(H,44,45)/b14-9+/t23-,24+,28-,29?,30?,32?,33+,35+,36-,37-,38-,39+/m1/s1. The van der Waals surface area contributed by atoms with Crippen molar-refractivity contribution in [3.63, 3.8) is 0 Å². The predicted molar refractivity (Wildman–Crippen MR) is 176 cm³/mol. The van der Waals surface area contributed by atoms with Gasteiger partial charge in [-0.05, 0) is 121 Å². The molecule has 5 aliphatic carbocycles. The lowest BCUT2D eigenvalue weighted by atomic mass is 9.33. The van der Waals surface area contributed by atoms with Crippen molar-refractivity contribution in [2.75, 3.05) is 6.61 Å². The first-order valence-electron chi connectivity index (χ1n) is 17.5. The second-order valence-electron chi connectivity index (χ2n) is 16.9. The van der Waals surface area contributed by atoms with Gasteiger partial charge >= 0.3 is 11.9 Å². The number of aliphatic hydroxyl groups is 2. The van der Waals surface area contributed by atoms with E-state index in [2.05, 4.69) is 40.7 Å². The van der Waals surface area contributed by atoms with Gasteiger partial charge in [0.1, 0.15) is 5.75 Å². The van der Waals surface area contributed by atoms with Crippen LogP contribution in [0.5, 0.6) is 5.75 Å². The van der Waals surface area contributed by atoms with Gasteiger partial charge in [0.2, 0.25) is 0 Å². The van der Waals surface area contributed by atoms with Gasteiger partial charge in [-0.3, -0.25) is 4.79 Å². The molecule has 0 heterocycles. The van der Waals surface area contributed by atoms with Crippen molar-refractivity contribution >= 4 is 18.0 Å². The molecule has 3 unspecified atom stereocenters. The number of hydrogen-bond donors (Lipinski definition) is 4. The Morgan fingerprint density at radius 1 is 0.957 bits per heavy atom. The van der Waals surface area contributed by atoms with Crippen molar-refractivity contribution in [1.29, 1.82) is 0 Å². The molecular formula is C39H54O7. The summed E-state index contributed by atoms with van der Waals surface area (Å²) < 4.78 is 5.81. The first-order valence-corrected chi connectivity index (χ1v) is 17.5. The van der Waals surface area contributed by atoms with E-state index in [1.165, 1.54) is 11.6 Å². The lowest BCUT2D eigenvalue weighted by molar-refractivity contribution is -0.245. The van der Waals surface area contributed by atoms with Gasteiger partial charge in [-0.2, -0.15) is 0 Å². The Morgan fingerprint density at radius 2 is 1.65 bits per heavy atom. The Labute approximate surface area is 274 Å². The van der Waals surface area contributed by atoms with E-state index in [1.807, 2.05) is 6.92 Å². The normalized spacial score (nSPS) is 46.7. The number of allylic oxidation sites excluding steroid dienone is 2. The molecule has 1 aromatic carbocycles. The number of carboxylic acid groups (broad SMARTS) is 1. The highest BCUT2D eigenvalue weighted by atomic mass is 16.5. The van der Waals surface area contributed by atoms with Crippen molar-refractivity contribution in [2.24, 2.45) is 56.7 Å². The molecule has 4 N–H and O–H groups in total. The van der Waals surface area contributed by atoms with Crippen LogP contribution in [-0.2, 0) is 14.3 Å². The first-order chi connectivity index (χ1) is 21.5. The molecule has 4 saturated carbocycles. The minimum absolute atomic E-state index is 0.00460. The quantitative estimate of drug-likeness (QED) is 0.156. The Balaban J connectivity index is 1.30. The second-order valence-corrected chi connectivity index (χ2v) is 16.9. The van der Waals surface area contributed by atoms with E-state index in [0.29, 0.717) is 24.7 Å². The van der Waals surface area contributed by atoms with Gasteiger partial charge in [0, 0.05) is 11.5 Å². The molecule has 0 spiro atoms. The molecule has 0 amide bonds. The number of aromatic hydroxyl groups is 1. The van der Waals surface area contributed by atoms with Crippen LogP contribution < -0.4 is 0 Å². The van der Waals surface area contributed by atoms with Crippen LogP contribution in [-0.4, -0.2) is 51.2 Å². The maximum Gasteiger partial charge on any atom is 0.330 e. The van der Waals surface area contributed by atoms with Crippen molar-refractivity contribution in [2.45, 2.75) is 105 Å². The summed E-state index contributed by atoms with van der Waals surface area (Å²) in [5, 5.41) is 43.1. The first kappa shape index (κ1) is 33.3. The molecule has 12 atom stereocenters. The fourth-order valence-corrected chi connectivity index (χ4v) is 12.0. The van der Waals surface area contributed by atoms with Crippen molar-refractivity contribution in [3.05, 3.63) is 47.6 Å². The molecule has 46 heavy (non-hydrogen) atoms. The SMILES string of the molecule is C[C@@H]1CC[C@]2(C(=O)O)CC[C@]3(C)C(=CCC4[C@@]5(C)C[C@@H](O)[C@H](O)[C@](C)(COC(=O)/C=C/c6ccc(O)cc6)C5CC[C@]43C)C2[C@H]1C. The monoisotopic (exact) mass is 634 g/mol. The minimum Gasteiger partial charge on any atom is -0.508 e. The number of phenolic OH excluding ortho intramolecular Hbond substituents is 1. The van der Waals surface area contributed by atoms with Gasteiger partial charge in [0.05, 0.1) is 24.2 Å². The topological polar surface area (TPSA) is 124 Å². The largest absolute Gasteiger partial charge is 0.508 e. The molecule has 7 nitrogen and oxygen atoms in total. The number of benzene rings is 1. The Kier molecular flexibility index (Phi) is 8.12. The third-order valence-electron chi connectivity index (χ3n) is 15.0. The van der Waals surface area contributed by atoms with Crippen LogP contribution >= 0.6 is 0 Å². The van der Waals surface area contributed by atoms with Crippen LogP contribution in [0.4, 0.5) is 0 Å². The Bertz CT molecular complexity index is 1430. The Morgan fingerprint density at radius 3 is 2.33 bits per heavy atom. The fourth-order valence-electron chi connectivity index (χ4n) is 12.0. The summed E-state index contributed by atoms with van der Waals surface area (Å²) in [4.78, 5) is 25.9. The van der Waals surface area contributed by atoms with Crippen LogP contribution in [0.15, 0.2) is 42.0 Å². The van der Waals surface area contributed by atoms with Gasteiger partial charge in [-0.15, -0.1) is 0 Å². The summed E-state index contributed by atoms with van der Waals surface area (Å²) in [5.41, 5.74) is 0.0419. The van der Waals surface area contributed by atoms with Crippen LogP contribution in [0, 0.1) is 56.7 Å². The van der Waals surface area contributed by atoms with Crippen molar-refractivity contribution < 1.29 is 34.8 Å². The number of aliphatic hydroxyl groups excluding tert-OH is 2. The molecule has 6 rings (SSSR count). The highest BCUT2D eigenvalue weighted by molar-refractivity contribution is 5.87. The molecule has 1 aromatic rings. The fraction of sp³-hybridized carbons (Fsp3) is 0.692. The van der Waals surface area contributed by atoms with Gasteiger partial charge in [-0.1, -0.05) is 65.3 Å². The van der Waals surface area contributed by atoms with E-state index >= 15 is 0 Å². The molecule has 0 radical (unpaired) electrons. The summed E-state index contributed by atoms with van der Waals surface area (Å²) in [6.45, 7) is 13.7. The van der Waals surface area contributed by atoms with E-state index in [4.69, 9.17) is 4.74 Å². The number of fused-ring (bicyclic) bond motifs is 7. The van der Waals surface area contributed by atoms with Crippen LogP contribution in [0.25, 0.3) is 6.08 Å². The second kappa shape index (κ2) is 11.2. The van der Waals surface area contributed by atoms with Gasteiger partial charge in [0.15, 0.2) is 0 Å². The summed E-state index contributed by atoms with van der Waals surface area (Å²) in [7, 11) is 0. The number of carbonyl (C=O) groups excluding carboxylic acids is 1. The highest BCUT2D eigenvalue weighted by Gasteiger charge is 2.71. The van der Waals surface area contributed by atoms with Crippen LogP contribution in [0.2, 0.25) is 0 Å². The third-order valence-corrected chi connectivity index (χ3v) is 15.0.